The SMILES string of the molecule is CCOC(=O)c1c(NC(=O)c2ccc3c(c2)C(=O)CC(C)(C)O3)oc(C)c1C(C)=O. The highest BCUT2D eigenvalue weighted by Crippen LogP contribution is 2.34. The van der Waals surface area contributed by atoms with E-state index in [2.05, 4.69) is 5.32 Å². The van der Waals surface area contributed by atoms with Crippen LogP contribution >= 0.6 is 0 Å². The summed E-state index contributed by atoms with van der Waals surface area (Å²) < 4.78 is 16.3. The lowest BCUT2D eigenvalue weighted by Gasteiger charge is -2.31. The third-order valence-corrected chi connectivity index (χ3v) is 4.66. The number of amides is 1. The molecule has 0 unspecified atom stereocenters. The second-order valence-electron chi connectivity index (χ2n) is 7.64. The van der Waals surface area contributed by atoms with Crippen LogP contribution in [0.5, 0.6) is 5.75 Å². The van der Waals surface area contributed by atoms with E-state index in [-0.39, 0.29) is 52.9 Å². The van der Waals surface area contributed by atoms with Crippen molar-refractivity contribution in [1.29, 1.82) is 0 Å². The Bertz CT molecular complexity index is 1060. The summed E-state index contributed by atoms with van der Waals surface area (Å²) in [6, 6.07) is 4.51. The molecule has 0 saturated carbocycles. The summed E-state index contributed by atoms with van der Waals surface area (Å²) in [4.78, 5) is 49.6. The normalized spacial score (nSPS) is 14.5. The molecule has 3 rings (SSSR count). The van der Waals surface area contributed by atoms with Crippen LogP contribution in [-0.4, -0.2) is 35.7 Å². The van der Waals surface area contributed by atoms with E-state index in [0.717, 1.165) is 0 Å². The third kappa shape index (κ3) is 3.98. The van der Waals surface area contributed by atoms with Gasteiger partial charge in [-0.3, -0.25) is 19.7 Å². The number of hydrogen-bond donors (Lipinski definition) is 1. The predicted molar refractivity (Wildman–Crippen MR) is 107 cm³/mol. The molecule has 30 heavy (non-hydrogen) atoms. The fourth-order valence-corrected chi connectivity index (χ4v) is 3.42. The second-order valence-corrected chi connectivity index (χ2v) is 7.64. The van der Waals surface area contributed by atoms with Gasteiger partial charge in [0.1, 0.15) is 22.7 Å². The quantitative estimate of drug-likeness (QED) is 0.583. The van der Waals surface area contributed by atoms with Crippen LogP contribution in [0.25, 0.3) is 0 Å². The van der Waals surface area contributed by atoms with E-state index >= 15 is 0 Å². The standard InChI is InChI=1S/C22H23NO7/c1-6-28-21(27)18-17(11(2)24)12(3)29-20(18)23-19(26)13-7-8-16-14(9-13)15(25)10-22(4,5)30-16/h7-9H,6,10H2,1-5H3,(H,23,26). The predicted octanol–water partition coefficient (Wildman–Crippen LogP) is 3.96. The number of hydrogen-bond acceptors (Lipinski definition) is 7. The first kappa shape index (κ1) is 21.3. The van der Waals surface area contributed by atoms with Crippen LogP contribution in [0.2, 0.25) is 0 Å². The maximum atomic E-state index is 12.8. The molecule has 158 valence electrons. The highest BCUT2D eigenvalue weighted by Gasteiger charge is 2.33. The number of aryl methyl sites for hydroxylation is 1. The molecule has 1 N–H and O–H groups in total. The van der Waals surface area contributed by atoms with Crippen molar-refractivity contribution in [3.05, 3.63) is 46.2 Å². The summed E-state index contributed by atoms with van der Waals surface area (Å²) in [5, 5.41) is 2.51. The van der Waals surface area contributed by atoms with Crippen LogP contribution in [0.15, 0.2) is 22.6 Å². The number of Topliss-reactive ketones (excluding diaryl/α,β-unsaturated/α-hetero) is 2. The molecule has 0 saturated heterocycles. The summed E-state index contributed by atoms with van der Waals surface area (Å²) in [5.41, 5.74) is -0.197. The number of carbonyl (C=O) groups is 4. The second kappa shape index (κ2) is 7.78. The third-order valence-electron chi connectivity index (χ3n) is 4.66. The molecule has 8 nitrogen and oxygen atoms in total. The van der Waals surface area contributed by atoms with Gasteiger partial charge in [0.05, 0.1) is 24.2 Å². The molecule has 0 aliphatic carbocycles. The Kier molecular flexibility index (Phi) is 5.52. The van der Waals surface area contributed by atoms with Crippen molar-refractivity contribution in [2.24, 2.45) is 0 Å². The minimum absolute atomic E-state index is 0.0556. The zero-order chi connectivity index (χ0) is 22.2. The summed E-state index contributed by atoms with van der Waals surface area (Å²) in [7, 11) is 0. The van der Waals surface area contributed by atoms with E-state index in [1.165, 1.54) is 26.0 Å². The Hall–Kier alpha value is -3.42. The van der Waals surface area contributed by atoms with Crippen molar-refractivity contribution in [2.75, 3.05) is 11.9 Å². The molecule has 0 spiro atoms. The molecule has 0 radical (unpaired) electrons. The minimum Gasteiger partial charge on any atom is -0.487 e. The monoisotopic (exact) mass is 413 g/mol. The summed E-state index contributed by atoms with van der Waals surface area (Å²) >= 11 is 0. The van der Waals surface area contributed by atoms with Crippen molar-refractivity contribution in [2.45, 2.75) is 46.6 Å². The Labute approximate surface area is 173 Å². The number of carbonyl (C=O) groups excluding carboxylic acids is 4. The van der Waals surface area contributed by atoms with Gasteiger partial charge in [-0.25, -0.2) is 4.79 Å². The number of nitrogens with one attached hydrogen (secondary N) is 1. The average molecular weight is 413 g/mol. The summed E-state index contributed by atoms with van der Waals surface area (Å²) in [5.74, 6) is -1.47. The molecular weight excluding hydrogens is 390 g/mol. The van der Waals surface area contributed by atoms with Gasteiger partial charge in [0.15, 0.2) is 11.6 Å². The van der Waals surface area contributed by atoms with E-state index in [9.17, 15) is 19.2 Å². The molecule has 1 aromatic carbocycles. The molecule has 0 fully saturated rings. The number of ether oxygens (including phenoxy) is 2. The van der Waals surface area contributed by atoms with Crippen LogP contribution in [0, 0.1) is 6.92 Å². The van der Waals surface area contributed by atoms with Gasteiger partial charge in [0, 0.05) is 5.56 Å². The lowest BCUT2D eigenvalue weighted by molar-refractivity contribution is 0.0523. The lowest BCUT2D eigenvalue weighted by Crippen LogP contribution is -2.36. The van der Waals surface area contributed by atoms with Crippen LogP contribution in [0.4, 0.5) is 5.88 Å². The number of ketones is 2. The van der Waals surface area contributed by atoms with Gasteiger partial charge < -0.3 is 13.9 Å². The number of furan rings is 1. The molecule has 2 heterocycles. The van der Waals surface area contributed by atoms with Gasteiger partial charge in [-0.05, 0) is 52.8 Å². The number of fused-ring (bicyclic) bond motifs is 1. The van der Waals surface area contributed by atoms with Gasteiger partial charge in [-0.15, -0.1) is 0 Å². The first-order chi connectivity index (χ1) is 14.0. The van der Waals surface area contributed by atoms with Gasteiger partial charge in [-0.1, -0.05) is 0 Å². The fourth-order valence-electron chi connectivity index (χ4n) is 3.42. The van der Waals surface area contributed by atoms with E-state index in [1.54, 1.807) is 13.0 Å². The lowest BCUT2D eigenvalue weighted by atomic mass is 9.92. The highest BCUT2D eigenvalue weighted by atomic mass is 16.5. The van der Waals surface area contributed by atoms with Crippen LogP contribution in [0.1, 0.15) is 81.3 Å². The van der Waals surface area contributed by atoms with E-state index in [1.807, 2.05) is 13.8 Å². The molecule has 1 amide bonds. The average Bonchev–Trinajstić information content (AvgIpc) is 2.96. The summed E-state index contributed by atoms with van der Waals surface area (Å²) in [6.07, 6.45) is 0.192. The molecule has 1 aliphatic rings. The number of anilines is 1. The minimum atomic E-state index is -0.772. The molecule has 0 bridgehead atoms. The van der Waals surface area contributed by atoms with Crippen LogP contribution in [0.3, 0.4) is 0 Å². The molecule has 0 atom stereocenters. The van der Waals surface area contributed by atoms with Crippen molar-refractivity contribution in [3.8, 4) is 5.75 Å². The smallest absolute Gasteiger partial charge is 0.344 e. The van der Waals surface area contributed by atoms with Crippen molar-refractivity contribution >= 4 is 29.3 Å². The molecular formula is C22H23NO7. The first-order valence-corrected chi connectivity index (χ1v) is 9.53. The highest BCUT2D eigenvalue weighted by molar-refractivity contribution is 6.13. The van der Waals surface area contributed by atoms with Crippen molar-refractivity contribution in [1.82, 2.24) is 0 Å². The molecule has 1 aliphatic heterocycles. The number of rotatable bonds is 5. The zero-order valence-electron chi connectivity index (χ0n) is 17.5. The Morgan fingerprint density at radius 1 is 1.20 bits per heavy atom. The number of esters is 1. The van der Waals surface area contributed by atoms with Crippen molar-refractivity contribution in [3.63, 3.8) is 0 Å². The maximum absolute atomic E-state index is 12.8. The Morgan fingerprint density at radius 2 is 1.90 bits per heavy atom. The van der Waals surface area contributed by atoms with E-state index in [4.69, 9.17) is 13.9 Å². The van der Waals surface area contributed by atoms with Crippen LogP contribution in [-0.2, 0) is 4.74 Å². The topological polar surface area (TPSA) is 112 Å². The maximum Gasteiger partial charge on any atom is 0.344 e. The Morgan fingerprint density at radius 3 is 2.53 bits per heavy atom. The molecule has 8 heteroatoms. The van der Waals surface area contributed by atoms with Crippen molar-refractivity contribution < 1.29 is 33.1 Å². The summed E-state index contributed by atoms with van der Waals surface area (Å²) in [6.45, 7) is 8.17. The van der Waals surface area contributed by atoms with Gasteiger partial charge in [-0.2, -0.15) is 0 Å². The largest absolute Gasteiger partial charge is 0.487 e. The van der Waals surface area contributed by atoms with E-state index in [0.29, 0.717) is 11.3 Å². The van der Waals surface area contributed by atoms with E-state index < -0.39 is 17.5 Å². The Balaban J connectivity index is 1.95. The molecule has 1 aromatic heterocycles. The van der Waals surface area contributed by atoms with Gasteiger partial charge >= 0.3 is 5.97 Å². The van der Waals surface area contributed by atoms with Gasteiger partial charge in [0.2, 0.25) is 5.88 Å². The zero-order valence-corrected chi connectivity index (χ0v) is 17.5. The molecule has 2 aromatic rings. The number of benzene rings is 1. The fraction of sp³-hybridized carbons (Fsp3) is 0.364. The van der Waals surface area contributed by atoms with Crippen LogP contribution < -0.4 is 10.1 Å². The first-order valence-electron chi connectivity index (χ1n) is 9.53. The van der Waals surface area contributed by atoms with Gasteiger partial charge in [0.25, 0.3) is 5.91 Å².